The van der Waals surface area contributed by atoms with Gasteiger partial charge in [-0.2, -0.15) is 0 Å². The molecule has 3 aromatic carbocycles. The SMILES string of the molecule is Cc1nc2cccc(C(=O)O)c2n1Cc1ccc(-c2ccccc2-c2noc(=O)[nH]2)cc1. The summed E-state index contributed by atoms with van der Waals surface area (Å²) in [6.45, 7) is 2.36. The van der Waals surface area contributed by atoms with Crippen LogP contribution in [-0.4, -0.2) is 30.8 Å². The lowest BCUT2D eigenvalue weighted by atomic mass is 9.98. The van der Waals surface area contributed by atoms with Crippen molar-refractivity contribution in [2.45, 2.75) is 13.5 Å². The Bertz CT molecular complexity index is 1510. The molecule has 0 saturated heterocycles. The van der Waals surface area contributed by atoms with Crippen molar-refractivity contribution in [3.63, 3.8) is 0 Å². The molecule has 0 fully saturated rings. The highest BCUT2D eigenvalue weighted by molar-refractivity contribution is 6.01. The van der Waals surface area contributed by atoms with Crippen LogP contribution in [0, 0.1) is 6.92 Å². The van der Waals surface area contributed by atoms with Gasteiger partial charge >= 0.3 is 11.7 Å². The number of aromatic amines is 1. The summed E-state index contributed by atoms with van der Waals surface area (Å²) in [5.74, 6) is -0.460. The number of H-pyrrole nitrogens is 1. The molecule has 0 saturated carbocycles. The van der Waals surface area contributed by atoms with E-state index >= 15 is 0 Å². The fourth-order valence-electron chi connectivity index (χ4n) is 3.93. The lowest BCUT2D eigenvalue weighted by molar-refractivity contribution is 0.0698. The quantitative estimate of drug-likeness (QED) is 0.437. The number of aromatic carboxylic acids is 1. The lowest BCUT2D eigenvalue weighted by Gasteiger charge is -2.11. The van der Waals surface area contributed by atoms with Gasteiger partial charge < -0.3 is 9.67 Å². The number of aromatic nitrogens is 4. The average molecular weight is 426 g/mol. The highest BCUT2D eigenvalue weighted by Gasteiger charge is 2.16. The third kappa shape index (κ3) is 3.37. The Balaban J connectivity index is 1.51. The van der Waals surface area contributed by atoms with Crippen molar-refractivity contribution in [2.75, 3.05) is 0 Å². The zero-order chi connectivity index (χ0) is 22.2. The third-order valence-electron chi connectivity index (χ3n) is 5.42. The van der Waals surface area contributed by atoms with Gasteiger partial charge in [-0.1, -0.05) is 59.8 Å². The lowest BCUT2D eigenvalue weighted by Crippen LogP contribution is -2.06. The van der Waals surface area contributed by atoms with Gasteiger partial charge in [0.25, 0.3) is 0 Å². The van der Waals surface area contributed by atoms with Crippen LogP contribution in [-0.2, 0) is 6.54 Å². The summed E-state index contributed by atoms with van der Waals surface area (Å²) in [4.78, 5) is 30.2. The monoisotopic (exact) mass is 426 g/mol. The van der Waals surface area contributed by atoms with E-state index in [0.717, 1.165) is 28.1 Å². The minimum absolute atomic E-state index is 0.232. The summed E-state index contributed by atoms with van der Waals surface area (Å²) in [6.07, 6.45) is 0. The van der Waals surface area contributed by atoms with Gasteiger partial charge in [-0.3, -0.25) is 9.51 Å². The van der Waals surface area contributed by atoms with Crippen molar-refractivity contribution in [1.82, 2.24) is 19.7 Å². The molecule has 2 aromatic heterocycles. The van der Waals surface area contributed by atoms with Crippen LogP contribution in [0.4, 0.5) is 0 Å². The number of benzene rings is 3. The van der Waals surface area contributed by atoms with Gasteiger partial charge in [0.1, 0.15) is 5.82 Å². The topological polar surface area (TPSA) is 114 Å². The Kier molecular flexibility index (Phi) is 4.67. The molecule has 8 heteroatoms. The fraction of sp³-hybridized carbons (Fsp3) is 0.0833. The van der Waals surface area contributed by atoms with Crippen molar-refractivity contribution in [3.05, 3.63) is 94.2 Å². The molecule has 0 aliphatic carbocycles. The standard InChI is InChI=1S/C24H18N4O4/c1-14-25-20-8-4-7-19(23(29)30)21(20)28(14)13-15-9-11-16(12-10-15)17-5-2-3-6-18(17)22-26-24(31)32-27-22/h2-12H,13H2,1H3,(H,29,30)(H,26,27,31). The molecule has 0 bridgehead atoms. The number of imidazole rings is 1. The van der Waals surface area contributed by atoms with E-state index in [0.29, 0.717) is 23.4 Å². The van der Waals surface area contributed by atoms with Crippen molar-refractivity contribution >= 4 is 17.0 Å². The summed E-state index contributed by atoms with van der Waals surface area (Å²) in [5.41, 5.74) is 5.12. The fourth-order valence-corrected chi connectivity index (χ4v) is 3.93. The van der Waals surface area contributed by atoms with Gasteiger partial charge in [0.05, 0.1) is 16.6 Å². The molecule has 0 radical (unpaired) electrons. The van der Waals surface area contributed by atoms with E-state index in [1.165, 1.54) is 0 Å². The number of hydrogen-bond donors (Lipinski definition) is 2. The van der Waals surface area contributed by atoms with Crippen LogP contribution in [0.1, 0.15) is 21.7 Å². The summed E-state index contributed by atoms with van der Waals surface area (Å²) in [7, 11) is 0. The summed E-state index contributed by atoms with van der Waals surface area (Å²) < 4.78 is 6.57. The first-order valence-corrected chi connectivity index (χ1v) is 9.95. The highest BCUT2D eigenvalue weighted by atomic mass is 16.5. The Morgan fingerprint density at radius 3 is 2.47 bits per heavy atom. The zero-order valence-electron chi connectivity index (χ0n) is 17.1. The maximum Gasteiger partial charge on any atom is 0.439 e. The zero-order valence-corrected chi connectivity index (χ0v) is 17.1. The van der Waals surface area contributed by atoms with Crippen molar-refractivity contribution in [3.8, 4) is 22.5 Å². The first-order chi connectivity index (χ1) is 15.5. The predicted octanol–water partition coefficient (Wildman–Crippen LogP) is 4.10. The van der Waals surface area contributed by atoms with Gasteiger partial charge in [-0.15, -0.1) is 0 Å². The Morgan fingerprint density at radius 2 is 1.78 bits per heavy atom. The van der Waals surface area contributed by atoms with E-state index < -0.39 is 11.7 Å². The van der Waals surface area contributed by atoms with E-state index in [9.17, 15) is 14.7 Å². The molecule has 8 nitrogen and oxygen atoms in total. The number of carboxylic acid groups (broad SMARTS) is 1. The first-order valence-electron chi connectivity index (χ1n) is 9.95. The van der Waals surface area contributed by atoms with Crippen LogP contribution in [0.15, 0.2) is 76.0 Å². The number of rotatable bonds is 5. The third-order valence-corrected chi connectivity index (χ3v) is 5.42. The van der Waals surface area contributed by atoms with E-state index in [2.05, 4.69) is 19.6 Å². The van der Waals surface area contributed by atoms with E-state index in [-0.39, 0.29) is 5.56 Å². The molecular weight excluding hydrogens is 408 g/mol. The molecule has 2 N–H and O–H groups in total. The number of fused-ring (bicyclic) bond motifs is 1. The van der Waals surface area contributed by atoms with Gasteiger partial charge in [0, 0.05) is 12.1 Å². The molecule has 0 unspecified atom stereocenters. The second kappa shape index (κ2) is 7.66. The Morgan fingerprint density at radius 1 is 1.03 bits per heavy atom. The maximum absolute atomic E-state index is 11.7. The molecule has 32 heavy (non-hydrogen) atoms. The predicted molar refractivity (Wildman–Crippen MR) is 119 cm³/mol. The molecule has 0 atom stereocenters. The molecule has 0 amide bonds. The van der Waals surface area contributed by atoms with Crippen LogP contribution in [0.2, 0.25) is 0 Å². The number of carbonyl (C=O) groups is 1. The van der Waals surface area contributed by atoms with E-state index in [1.54, 1.807) is 12.1 Å². The normalized spacial score (nSPS) is 11.2. The molecule has 2 heterocycles. The number of carboxylic acids is 1. The second-order valence-electron chi connectivity index (χ2n) is 7.41. The molecular formula is C24H18N4O4. The number of nitrogens with zero attached hydrogens (tertiary/aromatic N) is 3. The molecule has 5 aromatic rings. The minimum Gasteiger partial charge on any atom is -0.478 e. The summed E-state index contributed by atoms with van der Waals surface area (Å²) in [6, 6.07) is 20.7. The molecule has 0 aliphatic rings. The van der Waals surface area contributed by atoms with E-state index in [1.807, 2.05) is 66.1 Å². The number of nitrogens with one attached hydrogen (secondary N) is 1. The molecule has 158 valence electrons. The van der Waals surface area contributed by atoms with Crippen LogP contribution in [0.25, 0.3) is 33.5 Å². The van der Waals surface area contributed by atoms with E-state index in [4.69, 9.17) is 0 Å². The number of aryl methyl sites for hydroxylation is 1. The smallest absolute Gasteiger partial charge is 0.439 e. The minimum atomic E-state index is -0.977. The van der Waals surface area contributed by atoms with Crippen LogP contribution < -0.4 is 5.76 Å². The van der Waals surface area contributed by atoms with Crippen molar-refractivity contribution < 1.29 is 14.4 Å². The largest absolute Gasteiger partial charge is 0.478 e. The maximum atomic E-state index is 11.7. The summed E-state index contributed by atoms with van der Waals surface area (Å²) >= 11 is 0. The van der Waals surface area contributed by atoms with Gasteiger partial charge in [0.15, 0.2) is 5.82 Å². The first kappa shape index (κ1) is 19.5. The number of para-hydroxylation sites is 1. The van der Waals surface area contributed by atoms with Gasteiger partial charge in [-0.05, 0) is 35.7 Å². The molecule has 0 spiro atoms. The molecule has 0 aliphatic heterocycles. The average Bonchev–Trinajstić information content (AvgIpc) is 3.37. The number of hydrogen-bond acceptors (Lipinski definition) is 5. The van der Waals surface area contributed by atoms with Crippen molar-refractivity contribution in [2.24, 2.45) is 0 Å². The Labute approximate surface area is 181 Å². The Hall–Kier alpha value is -4.46. The van der Waals surface area contributed by atoms with Gasteiger partial charge in [-0.25, -0.2) is 14.6 Å². The van der Waals surface area contributed by atoms with Crippen molar-refractivity contribution in [1.29, 1.82) is 0 Å². The van der Waals surface area contributed by atoms with Crippen LogP contribution >= 0.6 is 0 Å². The van der Waals surface area contributed by atoms with Crippen LogP contribution in [0.3, 0.4) is 0 Å². The molecule has 5 rings (SSSR count). The summed E-state index contributed by atoms with van der Waals surface area (Å²) in [5, 5.41) is 13.4. The highest BCUT2D eigenvalue weighted by Crippen LogP contribution is 2.30. The second-order valence-corrected chi connectivity index (χ2v) is 7.41. The van der Waals surface area contributed by atoms with Crippen LogP contribution in [0.5, 0.6) is 0 Å². The van der Waals surface area contributed by atoms with Gasteiger partial charge in [0.2, 0.25) is 0 Å².